The van der Waals surface area contributed by atoms with Crippen LogP contribution in [0.3, 0.4) is 0 Å². The van der Waals surface area contributed by atoms with E-state index in [1.807, 2.05) is 42.2 Å². The Labute approximate surface area is 211 Å². The van der Waals surface area contributed by atoms with E-state index in [2.05, 4.69) is 10.3 Å². The van der Waals surface area contributed by atoms with E-state index in [-0.39, 0.29) is 17.9 Å². The molecule has 1 saturated heterocycles. The normalized spacial score (nSPS) is 19.1. The third-order valence-corrected chi connectivity index (χ3v) is 7.78. The SMILES string of the molecule is CCc1nc(-c2cc(F)c(OC)cc2F)sc1N1CCC[C@](NCc2ccccc2)([C@H](O)C(F)F)C1. The summed E-state index contributed by atoms with van der Waals surface area (Å²) < 4.78 is 61.6. The lowest BCUT2D eigenvalue weighted by molar-refractivity contribution is -0.0657. The number of alkyl halides is 2. The molecule has 2 heterocycles. The van der Waals surface area contributed by atoms with Crippen molar-refractivity contribution >= 4 is 16.3 Å². The molecule has 0 unspecified atom stereocenters. The summed E-state index contributed by atoms with van der Waals surface area (Å²) in [6.07, 6.45) is -3.35. The zero-order valence-corrected chi connectivity index (χ0v) is 20.9. The number of aliphatic hydroxyl groups is 1. The van der Waals surface area contributed by atoms with Gasteiger partial charge in [0.15, 0.2) is 11.6 Å². The van der Waals surface area contributed by atoms with Gasteiger partial charge in [-0.15, -0.1) is 0 Å². The van der Waals surface area contributed by atoms with Crippen LogP contribution < -0.4 is 15.0 Å². The molecule has 1 aliphatic heterocycles. The standard InChI is InChI=1S/C26H29F4N3O2S/c1-3-20-25(36-24(32-20)17-12-19(28)21(35-2)13-18(17)27)33-11-7-10-26(15-33,22(34)23(29)30)31-14-16-8-5-4-6-9-16/h4-6,8-9,12-13,22-23,31,34H,3,7,10-11,14-15H2,1-2H3/t22-,26-/m1/s1. The predicted octanol–water partition coefficient (Wildman–Crippen LogP) is 5.41. The van der Waals surface area contributed by atoms with Gasteiger partial charge in [0, 0.05) is 31.3 Å². The molecule has 1 fully saturated rings. The van der Waals surface area contributed by atoms with Crippen LogP contribution in [0.25, 0.3) is 10.6 Å². The molecule has 10 heteroatoms. The smallest absolute Gasteiger partial charge is 0.265 e. The molecule has 0 aliphatic carbocycles. The molecular weight excluding hydrogens is 494 g/mol. The predicted molar refractivity (Wildman–Crippen MR) is 133 cm³/mol. The fourth-order valence-corrected chi connectivity index (χ4v) is 5.85. The maximum atomic E-state index is 14.7. The third-order valence-electron chi connectivity index (χ3n) is 6.59. The lowest BCUT2D eigenvalue weighted by Crippen LogP contribution is -2.65. The van der Waals surface area contributed by atoms with E-state index < -0.39 is 29.7 Å². The minimum Gasteiger partial charge on any atom is -0.494 e. The van der Waals surface area contributed by atoms with Crippen LogP contribution >= 0.6 is 11.3 Å². The first-order valence-corrected chi connectivity index (χ1v) is 12.6. The van der Waals surface area contributed by atoms with Gasteiger partial charge in [-0.05, 0) is 30.9 Å². The van der Waals surface area contributed by atoms with Gasteiger partial charge in [-0.2, -0.15) is 0 Å². The zero-order valence-electron chi connectivity index (χ0n) is 20.1. The molecule has 2 N–H and O–H groups in total. The molecule has 2 aromatic carbocycles. The van der Waals surface area contributed by atoms with Crippen LogP contribution in [0.1, 0.15) is 31.0 Å². The van der Waals surface area contributed by atoms with E-state index in [0.29, 0.717) is 48.1 Å². The zero-order chi connectivity index (χ0) is 25.9. The minimum absolute atomic E-state index is 0.0114. The second kappa shape index (κ2) is 11.1. The summed E-state index contributed by atoms with van der Waals surface area (Å²) in [6, 6.07) is 11.4. The number of ether oxygens (including phenoxy) is 1. The molecule has 1 aromatic heterocycles. The number of aromatic nitrogens is 1. The van der Waals surface area contributed by atoms with Crippen molar-refractivity contribution < 1.29 is 27.4 Å². The fraction of sp³-hybridized carbons (Fsp3) is 0.423. The number of hydrogen-bond acceptors (Lipinski definition) is 6. The average Bonchev–Trinajstić information content (AvgIpc) is 3.33. The van der Waals surface area contributed by atoms with Crippen LogP contribution in [0.2, 0.25) is 0 Å². The summed E-state index contributed by atoms with van der Waals surface area (Å²) in [6.45, 7) is 2.91. The number of rotatable bonds is 9. The number of methoxy groups -OCH3 is 1. The van der Waals surface area contributed by atoms with Gasteiger partial charge in [0.1, 0.15) is 21.9 Å². The molecule has 1 aliphatic rings. The van der Waals surface area contributed by atoms with Gasteiger partial charge in [-0.1, -0.05) is 48.6 Å². The highest BCUT2D eigenvalue weighted by atomic mass is 32.1. The number of piperidine rings is 1. The minimum atomic E-state index is -2.92. The summed E-state index contributed by atoms with van der Waals surface area (Å²) in [7, 11) is 1.26. The monoisotopic (exact) mass is 523 g/mol. The highest BCUT2D eigenvalue weighted by Gasteiger charge is 2.46. The molecule has 4 rings (SSSR count). The van der Waals surface area contributed by atoms with Gasteiger partial charge < -0.3 is 20.1 Å². The first-order valence-electron chi connectivity index (χ1n) is 11.8. The van der Waals surface area contributed by atoms with Gasteiger partial charge in [0.2, 0.25) is 0 Å². The largest absolute Gasteiger partial charge is 0.494 e. The summed E-state index contributed by atoms with van der Waals surface area (Å²) in [5.74, 6) is -1.57. The molecule has 2 atom stereocenters. The van der Waals surface area contributed by atoms with E-state index in [1.165, 1.54) is 18.4 Å². The number of halogens is 4. The quantitative estimate of drug-likeness (QED) is 0.367. The molecular formula is C26H29F4N3O2S. The van der Waals surface area contributed by atoms with Crippen molar-refractivity contribution in [3.63, 3.8) is 0 Å². The number of aryl methyl sites for hydroxylation is 1. The summed E-state index contributed by atoms with van der Waals surface area (Å²) in [4.78, 5) is 6.47. The maximum Gasteiger partial charge on any atom is 0.265 e. The molecule has 0 radical (unpaired) electrons. The van der Waals surface area contributed by atoms with Crippen molar-refractivity contribution in [3.05, 3.63) is 65.4 Å². The van der Waals surface area contributed by atoms with Crippen LogP contribution in [0.4, 0.5) is 22.6 Å². The van der Waals surface area contributed by atoms with Gasteiger partial charge in [-0.3, -0.25) is 0 Å². The second-order valence-corrected chi connectivity index (χ2v) is 9.87. The highest BCUT2D eigenvalue weighted by Crippen LogP contribution is 2.40. The Morgan fingerprint density at radius 2 is 1.94 bits per heavy atom. The Hall–Kier alpha value is -2.69. The lowest BCUT2D eigenvalue weighted by atomic mass is 9.83. The fourth-order valence-electron chi connectivity index (χ4n) is 4.65. The molecule has 0 saturated carbocycles. The summed E-state index contributed by atoms with van der Waals surface area (Å²) in [5.41, 5.74) is 0.338. The molecule has 5 nitrogen and oxygen atoms in total. The lowest BCUT2D eigenvalue weighted by Gasteiger charge is -2.46. The van der Waals surface area contributed by atoms with Crippen molar-refractivity contribution in [2.75, 3.05) is 25.1 Å². The van der Waals surface area contributed by atoms with Gasteiger partial charge in [-0.25, -0.2) is 22.5 Å². The van der Waals surface area contributed by atoms with Crippen molar-refractivity contribution in [1.82, 2.24) is 10.3 Å². The Bertz CT molecular complexity index is 1180. The number of thiazole rings is 1. The molecule has 194 valence electrons. The van der Waals surface area contributed by atoms with E-state index in [0.717, 1.165) is 17.7 Å². The topological polar surface area (TPSA) is 57.6 Å². The Morgan fingerprint density at radius 1 is 1.19 bits per heavy atom. The second-order valence-electron chi connectivity index (χ2n) is 8.89. The maximum absolute atomic E-state index is 14.7. The highest BCUT2D eigenvalue weighted by molar-refractivity contribution is 7.19. The number of anilines is 1. The summed E-state index contributed by atoms with van der Waals surface area (Å²) >= 11 is 1.19. The van der Waals surface area contributed by atoms with Gasteiger partial charge in [0.05, 0.1) is 18.3 Å². The number of hydrogen-bond donors (Lipinski definition) is 2. The van der Waals surface area contributed by atoms with Crippen LogP contribution in [0.5, 0.6) is 5.75 Å². The first kappa shape index (κ1) is 26.4. The Morgan fingerprint density at radius 3 is 2.61 bits per heavy atom. The Kier molecular flexibility index (Phi) is 8.17. The number of aliphatic hydroxyl groups excluding tert-OH is 1. The summed E-state index contributed by atoms with van der Waals surface area (Å²) in [5, 5.41) is 14.8. The van der Waals surface area contributed by atoms with E-state index in [4.69, 9.17) is 4.74 Å². The molecule has 0 amide bonds. The van der Waals surface area contributed by atoms with Crippen molar-refractivity contribution in [2.45, 2.75) is 50.8 Å². The van der Waals surface area contributed by atoms with E-state index in [9.17, 15) is 22.7 Å². The van der Waals surface area contributed by atoms with Crippen LogP contribution in [-0.4, -0.2) is 48.4 Å². The molecule has 36 heavy (non-hydrogen) atoms. The van der Waals surface area contributed by atoms with Gasteiger partial charge in [0.25, 0.3) is 6.43 Å². The average molecular weight is 524 g/mol. The van der Waals surface area contributed by atoms with Crippen LogP contribution in [0.15, 0.2) is 42.5 Å². The van der Waals surface area contributed by atoms with Gasteiger partial charge >= 0.3 is 0 Å². The first-order chi connectivity index (χ1) is 17.3. The number of nitrogens with zero attached hydrogens (tertiary/aromatic N) is 2. The Balaban J connectivity index is 1.66. The number of nitrogens with one attached hydrogen (secondary N) is 1. The van der Waals surface area contributed by atoms with Crippen molar-refractivity contribution in [3.8, 4) is 16.3 Å². The van der Waals surface area contributed by atoms with E-state index in [1.54, 1.807) is 0 Å². The molecule has 0 spiro atoms. The molecule has 3 aromatic rings. The molecule has 0 bridgehead atoms. The van der Waals surface area contributed by atoms with Crippen LogP contribution in [0, 0.1) is 11.6 Å². The number of benzene rings is 2. The third kappa shape index (κ3) is 5.35. The van der Waals surface area contributed by atoms with Crippen molar-refractivity contribution in [2.24, 2.45) is 0 Å². The van der Waals surface area contributed by atoms with Crippen molar-refractivity contribution in [1.29, 1.82) is 0 Å². The van der Waals surface area contributed by atoms with E-state index >= 15 is 0 Å². The van der Waals surface area contributed by atoms with Crippen LogP contribution in [-0.2, 0) is 13.0 Å².